The summed E-state index contributed by atoms with van der Waals surface area (Å²) in [6.45, 7) is 0. The number of nitrogens with zero attached hydrogens (tertiary/aromatic N) is 3. The van der Waals surface area contributed by atoms with Crippen LogP contribution < -0.4 is 16.0 Å². The maximum Gasteiger partial charge on any atom is 0.350 e. The molecule has 0 amide bonds. The molecule has 0 aliphatic heterocycles. The van der Waals surface area contributed by atoms with Gasteiger partial charge in [0, 0.05) is 24.7 Å². The maximum absolute atomic E-state index is 12.7. The van der Waals surface area contributed by atoms with Crippen molar-refractivity contribution in [3.8, 4) is 5.75 Å². The fourth-order valence-corrected chi connectivity index (χ4v) is 2.78. The van der Waals surface area contributed by atoms with Crippen LogP contribution in [0, 0.1) is 0 Å². The smallest absolute Gasteiger partial charge is 0.350 e. The van der Waals surface area contributed by atoms with Crippen LogP contribution in [0.4, 0.5) is 0 Å². The van der Waals surface area contributed by atoms with E-state index in [-0.39, 0.29) is 5.52 Å². The van der Waals surface area contributed by atoms with Crippen molar-refractivity contribution in [1.29, 1.82) is 0 Å². The third kappa shape index (κ3) is 2.35. The molecule has 0 fully saturated rings. The summed E-state index contributed by atoms with van der Waals surface area (Å²) in [7, 11) is 3.42. The minimum atomic E-state index is -0.598. The molecule has 0 radical (unpaired) electrons. The topological polar surface area (TPSA) is 97.2 Å². The Labute approximate surface area is 141 Å². The number of aryl methyl sites for hydroxylation is 1. The van der Waals surface area contributed by atoms with Gasteiger partial charge in [-0.3, -0.25) is 4.79 Å². The average molecular weight is 337 g/mol. The zero-order chi connectivity index (χ0) is 17.6. The first-order valence-electron chi connectivity index (χ1n) is 7.59. The normalized spacial score (nSPS) is 11.8. The first-order chi connectivity index (χ1) is 12.1. The van der Waals surface area contributed by atoms with Gasteiger partial charge in [0.05, 0.1) is 30.1 Å². The molecule has 8 nitrogen and oxygen atoms in total. The molecule has 4 aromatic rings. The van der Waals surface area contributed by atoms with E-state index in [2.05, 4.69) is 15.1 Å². The molecule has 25 heavy (non-hydrogen) atoms. The number of aromatic nitrogens is 4. The summed E-state index contributed by atoms with van der Waals surface area (Å²) in [6.07, 6.45) is 3.32. The van der Waals surface area contributed by atoms with Gasteiger partial charge in [-0.25, -0.2) is 4.79 Å². The number of aromatic amines is 2. The van der Waals surface area contributed by atoms with Gasteiger partial charge in [-0.2, -0.15) is 5.10 Å². The van der Waals surface area contributed by atoms with Crippen molar-refractivity contribution < 1.29 is 4.74 Å². The lowest BCUT2D eigenvalue weighted by molar-refractivity contribution is 0.415. The largest absolute Gasteiger partial charge is 0.497 e. The molecule has 0 spiro atoms. The fraction of sp³-hybridized carbons (Fsp3) is 0.118. The van der Waals surface area contributed by atoms with Crippen LogP contribution in [0.3, 0.4) is 0 Å². The average Bonchev–Trinajstić information content (AvgIpc) is 3.18. The maximum atomic E-state index is 12.7. The van der Waals surface area contributed by atoms with Crippen molar-refractivity contribution >= 4 is 28.2 Å². The third-order valence-corrected chi connectivity index (χ3v) is 4.13. The molecule has 3 heterocycles. The van der Waals surface area contributed by atoms with E-state index in [1.807, 2.05) is 29.9 Å². The van der Waals surface area contributed by atoms with Crippen molar-refractivity contribution in [1.82, 2.24) is 19.2 Å². The van der Waals surface area contributed by atoms with Crippen LogP contribution >= 0.6 is 0 Å². The number of fused-ring (bicyclic) bond motifs is 3. The molecule has 0 unspecified atom stereocenters. The number of ether oxygens (including phenoxy) is 1. The summed E-state index contributed by atoms with van der Waals surface area (Å²) in [5.74, 6) is 0.656. The second kappa shape index (κ2) is 5.52. The molecule has 1 aromatic carbocycles. The molecule has 0 saturated carbocycles. The Hall–Kier alpha value is -3.55. The summed E-state index contributed by atoms with van der Waals surface area (Å²) in [6, 6.07) is 9.01. The van der Waals surface area contributed by atoms with Crippen LogP contribution in [0.2, 0.25) is 0 Å². The Bertz CT molecular complexity index is 1240. The lowest BCUT2D eigenvalue weighted by Gasteiger charge is -1.99. The van der Waals surface area contributed by atoms with Gasteiger partial charge in [0.25, 0.3) is 0 Å². The second-order valence-corrected chi connectivity index (χ2v) is 5.62. The van der Waals surface area contributed by atoms with Gasteiger partial charge in [-0.05, 0) is 24.3 Å². The van der Waals surface area contributed by atoms with Gasteiger partial charge >= 0.3 is 11.2 Å². The highest BCUT2D eigenvalue weighted by atomic mass is 16.5. The number of H-pyrrole nitrogens is 2. The van der Waals surface area contributed by atoms with Gasteiger partial charge in [-0.15, -0.1) is 4.68 Å². The summed E-state index contributed by atoms with van der Waals surface area (Å²) in [5.41, 5.74) is 1.10. The summed E-state index contributed by atoms with van der Waals surface area (Å²) < 4.78 is 7.82. The molecule has 4 rings (SSSR count). The predicted octanol–water partition coefficient (Wildman–Crippen LogP) is 1.40. The van der Waals surface area contributed by atoms with Gasteiger partial charge in [0.15, 0.2) is 0 Å². The van der Waals surface area contributed by atoms with Crippen LogP contribution in [-0.2, 0) is 7.05 Å². The molecule has 0 saturated heterocycles. The Morgan fingerprint density at radius 2 is 2.00 bits per heavy atom. The predicted molar refractivity (Wildman–Crippen MR) is 95.6 cm³/mol. The lowest BCUT2D eigenvalue weighted by Crippen LogP contribution is -2.32. The Morgan fingerprint density at radius 3 is 2.72 bits per heavy atom. The van der Waals surface area contributed by atoms with E-state index in [4.69, 9.17) is 4.74 Å². The Balaban J connectivity index is 1.93. The number of rotatable bonds is 3. The molecule has 0 aliphatic rings. The lowest BCUT2D eigenvalue weighted by atomic mass is 10.2. The first-order valence-corrected chi connectivity index (χ1v) is 7.59. The van der Waals surface area contributed by atoms with E-state index in [0.717, 1.165) is 15.8 Å². The molecular formula is C17H15N5O3. The van der Waals surface area contributed by atoms with E-state index in [1.54, 1.807) is 25.3 Å². The minimum absolute atomic E-state index is 0.284. The Morgan fingerprint density at radius 1 is 1.16 bits per heavy atom. The van der Waals surface area contributed by atoms with Crippen LogP contribution in [0.15, 0.2) is 51.2 Å². The van der Waals surface area contributed by atoms with Gasteiger partial charge in [0.2, 0.25) is 0 Å². The molecule has 0 atom stereocenters. The van der Waals surface area contributed by atoms with E-state index in [1.165, 1.54) is 6.21 Å². The number of nitrogens with one attached hydrogen (secondary N) is 2. The zero-order valence-electron chi connectivity index (χ0n) is 13.6. The van der Waals surface area contributed by atoms with E-state index >= 15 is 0 Å². The van der Waals surface area contributed by atoms with Gasteiger partial charge in [0.1, 0.15) is 11.3 Å². The summed E-state index contributed by atoms with van der Waals surface area (Å²) in [5, 5.41) is 4.77. The monoisotopic (exact) mass is 337 g/mol. The van der Waals surface area contributed by atoms with Gasteiger partial charge < -0.3 is 19.3 Å². The van der Waals surface area contributed by atoms with Crippen molar-refractivity contribution in [2.75, 3.05) is 7.11 Å². The zero-order valence-corrected chi connectivity index (χ0v) is 13.6. The highest BCUT2D eigenvalue weighted by Gasteiger charge is 2.13. The van der Waals surface area contributed by atoms with Crippen LogP contribution in [0.25, 0.3) is 21.9 Å². The molecule has 3 aromatic heterocycles. The third-order valence-electron chi connectivity index (χ3n) is 4.13. The van der Waals surface area contributed by atoms with Crippen molar-refractivity contribution in [3.63, 3.8) is 0 Å². The number of benzene rings is 1. The van der Waals surface area contributed by atoms with Crippen molar-refractivity contribution in [2.45, 2.75) is 0 Å². The van der Waals surface area contributed by atoms with Crippen molar-refractivity contribution in [3.05, 3.63) is 63.1 Å². The van der Waals surface area contributed by atoms with E-state index in [0.29, 0.717) is 16.8 Å². The van der Waals surface area contributed by atoms with E-state index < -0.39 is 11.2 Å². The fourth-order valence-electron chi connectivity index (χ4n) is 2.78. The summed E-state index contributed by atoms with van der Waals surface area (Å²) >= 11 is 0. The number of methoxy groups -OCH3 is 1. The number of hydrogen-bond donors (Lipinski definition) is 2. The SMILES string of the molecule is COc1ccc2c(c1)[nH]c1c(=O)n(/N=C\c3cccn3C)c(=O)[nH]c12. The first kappa shape index (κ1) is 15.0. The summed E-state index contributed by atoms with van der Waals surface area (Å²) in [4.78, 5) is 30.7. The number of hydrogen-bond acceptors (Lipinski definition) is 4. The highest BCUT2D eigenvalue weighted by Crippen LogP contribution is 2.24. The molecular weight excluding hydrogens is 322 g/mol. The van der Waals surface area contributed by atoms with Gasteiger partial charge in [-0.1, -0.05) is 0 Å². The molecule has 2 N–H and O–H groups in total. The van der Waals surface area contributed by atoms with Crippen LogP contribution in [0.1, 0.15) is 5.69 Å². The highest BCUT2D eigenvalue weighted by molar-refractivity contribution is 6.04. The molecule has 126 valence electrons. The minimum Gasteiger partial charge on any atom is -0.497 e. The standard InChI is InChI=1S/C17H15N5O3/c1-21-7-3-4-10(21)9-18-22-16(23)15-14(20-17(22)24)12-6-5-11(25-2)8-13(12)19-15/h3-9,19H,1-2H3,(H,20,24)/b18-9-. The van der Waals surface area contributed by atoms with Crippen molar-refractivity contribution in [2.24, 2.45) is 12.1 Å². The Kier molecular flexibility index (Phi) is 3.31. The molecule has 0 aliphatic carbocycles. The van der Waals surface area contributed by atoms with Crippen LogP contribution in [-0.4, -0.2) is 32.5 Å². The quantitative estimate of drug-likeness (QED) is 0.553. The second-order valence-electron chi connectivity index (χ2n) is 5.62. The van der Waals surface area contributed by atoms with Crippen LogP contribution in [0.5, 0.6) is 5.75 Å². The molecule has 0 bridgehead atoms. The van der Waals surface area contributed by atoms with E-state index in [9.17, 15) is 9.59 Å². The molecule has 8 heteroatoms.